The van der Waals surface area contributed by atoms with Crippen LogP contribution in [0, 0.1) is 11.8 Å². The summed E-state index contributed by atoms with van der Waals surface area (Å²) in [5, 5.41) is 0. The van der Waals surface area contributed by atoms with Gasteiger partial charge in [-0.3, -0.25) is 0 Å². The van der Waals surface area contributed by atoms with Crippen LogP contribution in [0.1, 0.15) is 49.8 Å². The Bertz CT molecular complexity index is 682. The minimum atomic E-state index is 0.614. The number of hydrogen-bond acceptors (Lipinski definition) is 1. The van der Waals surface area contributed by atoms with Crippen molar-refractivity contribution in [2.75, 3.05) is 6.61 Å². The van der Waals surface area contributed by atoms with Gasteiger partial charge < -0.3 is 4.74 Å². The van der Waals surface area contributed by atoms with E-state index < -0.39 is 0 Å². The number of hydrogen-bond donors (Lipinski definition) is 0. The van der Waals surface area contributed by atoms with Crippen LogP contribution in [0.15, 0.2) is 60.7 Å². The standard InChI is InChI=1S/C23H26O/c1-3-5-7-19-24-23-17-15-22(16-18-23)14-13-21-11-9-20(10-12-21)8-6-4-2/h5,7,9-12,15-18H,3-4,6,8,19H2,1-2H3. The fraction of sp³-hybridized carbons (Fsp3) is 0.304. The molecule has 0 atom stereocenters. The predicted octanol–water partition coefficient (Wildman–Crippen LogP) is 5.77. The fourth-order valence-corrected chi connectivity index (χ4v) is 2.29. The molecule has 0 saturated carbocycles. The van der Waals surface area contributed by atoms with Gasteiger partial charge in [0.25, 0.3) is 0 Å². The molecular weight excluding hydrogens is 292 g/mol. The molecule has 0 aromatic heterocycles. The van der Waals surface area contributed by atoms with Crippen molar-refractivity contribution in [3.05, 3.63) is 77.4 Å². The Kier molecular flexibility index (Phi) is 7.71. The Balaban J connectivity index is 1.91. The molecule has 2 aromatic rings. The average Bonchev–Trinajstić information content (AvgIpc) is 2.64. The zero-order valence-corrected chi connectivity index (χ0v) is 14.7. The number of allylic oxidation sites excluding steroid dienone is 1. The summed E-state index contributed by atoms with van der Waals surface area (Å²) in [7, 11) is 0. The maximum absolute atomic E-state index is 5.64. The molecule has 0 fully saturated rings. The summed E-state index contributed by atoms with van der Waals surface area (Å²) in [6, 6.07) is 16.5. The van der Waals surface area contributed by atoms with E-state index >= 15 is 0 Å². The molecule has 0 aliphatic heterocycles. The summed E-state index contributed by atoms with van der Waals surface area (Å²) in [5.41, 5.74) is 3.45. The molecule has 0 aliphatic carbocycles. The van der Waals surface area contributed by atoms with Gasteiger partial charge in [-0.25, -0.2) is 0 Å². The van der Waals surface area contributed by atoms with Gasteiger partial charge >= 0.3 is 0 Å². The number of aryl methyl sites for hydroxylation is 1. The van der Waals surface area contributed by atoms with Crippen LogP contribution in [-0.4, -0.2) is 6.61 Å². The summed E-state index contributed by atoms with van der Waals surface area (Å²) < 4.78 is 5.64. The van der Waals surface area contributed by atoms with E-state index in [0.717, 1.165) is 29.7 Å². The van der Waals surface area contributed by atoms with Gasteiger partial charge in [-0.2, -0.15) is 0 Å². The number of ether oxygens (including phenoxy) is 1. The Morgan fingerprint density at radius 3 is 2.04 bits per heavy atom. The Hall–Kier alpha value is -2.46. The number of rotatable bonds is 7. The SMILES string of the molecule is CCC=CCOc1ccc(C#Cc2ccc(CCCC)cc2)cc1. The Morgan fingerprint density at radius 1 is 0.833 bits per heavy atom. The largest absolute Gasteiger partial charge is 0.490 e. The fourth-order valence-electron chi connectivity index (χ4n) is 2.29. The van der Waals surface area contributed by atoms with E-state index in [9.17, 15) is 0 Å². The second-order valence-electron chi connectivity index (χ2n) is 5.77. The first-order valence-corrected chi connectivity index (χ1v) is 8.80. The van der Waals surface area contributed by atoms with E-state index in [2.05, 4.69) is 56.0 Å². The minimum absolute atomic E-state index is 0.614. The van der Waals surface area contributed by atoms with E-state index in [0.29, 0.717) is 6.61 Å². The van der Waals surface area contributed by atoms with Crippen molar-refractivity contribution < 1.29 is 4.74 Å². The highest BCUT2D eigenvalue weighted by molar-refractivity contribution is 5.44. The van der Waals surface area contributed by atoms with Crippen LogP contribution in [0.25, 0.3) is 0 Å². The third-order valence-electron chi connectivity index (χ3n) is 3.73. The maximum atomic E-state index is 5.64. The van der Waals surface area contributed by atoms with Crippen molar-refractivity contribution in [3.63, 3.8) is 0 Å². The zero-order valence-electron chi connectivity index (χ0n) is 14.7. The van der Waals surface area contributed by atoms with Gasteiger partial charge in [-0.1, -0.05) is 56.4 Å². The average molecular weight is 318 g/mol. The highest BCUT2D eigenvalue weighted by atomic mass is 16.5. The molecule has 0 radical (unpaired) electrons. The molecule has 0 saturated heterocycles. The highest BCUT2D eigenvalue weighted by Crippen LogP contribution is 2.12. The molecule has 0 spiro atoms. The molecule has 124 valence electrons. The monoisotopic (exact) mass is 318 g/mol. The van der Waals surface area contributed by atoms with Crippen molar-refractivity contribution in [1.82, 2.24) is 0 Å². The lowest BCUT2D eigenvalue weighted by Gasteiger charge is -2.02. The van der Waals surface area contributed by atoms with Crippen LogP contribution in [0.4, 0.5) is 0 Å². The number of unbranched alkanes of at least 4 members (excludes halogenated alkanes) is 1. The third kappa shape index (κ3) is 6.34. The minimum Gasteiger partial charge on any atom is -0.490 e. The second kappa shape index (κ2) is 10.3. The van der Waals surface area contributed by atoms with Crippen molar-refractivity contribution in [3.8, 4) is 17.6 Å². The number of benzene rings is 2. The smallest absolute Gasteiger partial charge is 0.119 e. The lowest BCUT2D eigenvalue weighted by atomic mass is 10.1. The van der Waals surface area contributed by atoms with E-state index in [1.165, 1.54) is 18.4 Å². The van der Waals surface area contributed by atoms with E-state index in [1.54, 1.807) is 0 Å². The van der Waals surface area contributed by atoms with E-state index in [-0.39, 0.29) is 0 Å². The van der Waals surface area contributed by atoms with Gasteiger partial charge in [0.15, 0.2) is 0 Å². The van der Waals surface area contributed by atoms with Crippen molar-refractivity contribution in [2.24, 2.45) is 0 Å². The summed E-state index contributed by atoms with van der Waals surface area (Å²) in [6.45, 7) is 4.95. The molecule has 1 nitrogen and oxygen atoms in total. The molecule has 0 bridgehead atoms. The Labute approximate surface area is 146 Å². The van der Waals surface area contributed by atoms with Crippen molar-refractivity contribution in [2.45, 2.75) is 39.5 Å². The summed E-state index contributed by atoms with van der Waals surface area (Å²) in [5.74, 6) is 7.31. The molecule has 2 rings (SSSR count). The molecule has 0 N–H and O–H groups in total. The third-order valence-corrected chi connectivity index (χ3v) is 3.73. The first kappa shape index (κ1) is 17.9. The van der Waals surface area contributed by atoms with Crippen molar-refractivity contribution in [1.29, 1.82) is 0 Å². The molecule has 24 heavy (non-hydrogen) atoms. The molecular formula is C23H26O. The molecule has 0 heterocycles. The first-order valence-electron chi connectivity index (χ1n) is 8.80. The van der Waals surface area contributed by atoms with Crippen LogP contribution >= 0.6 is 0 Å². The van der Waals surface area contributed by atoms with Crippen molar-refractivity contribution >= 4 is 0 Å². The van der Waals surface area contributed by atoms with E-state index in [4.69, 9.17) is 4.74 Å². The second-order valence-corrected chi connectivity index (χ2v) is 5.77. The summed E-state index contributed by atoms with van der Waals surface area (Å²) >= 11 is 0. The molecule has 0 aliphatic rings. The quantitative estimate of drug-likeness (QED) is 0.465. The van der Waals surface area contributed by atoms with Crippen LogP contribution in [0.5, 0.6) is 5.75 Å². The molecule has 2 aromatic carbocycles. The van der Waals surface area contributed by atoms with Gasteiger partial charge in [0.05, 0.1) is 0 Å². The van der Waals surface area contributed by atoms with Gasteiger partial charge in [0.1, 0.15) is 12.4 Å². The van der Waals surface area contributed by atoms with Gasteiger partial charge in [0.2, 0.25) is 0 Å². The van der Waals surface area contributed by atoms with E-state index in [1.807, 2.05) is 30.3 Å². The lowest BCUT2D eigenvalue weighted by Crippen LogP contribution is -1.92. The van der Waals surface area contributed by atoms with Crippen LogP contribution in [0.3, 0.4) is 0 Å². The summed E-state index contributed by atoms with van der Waals surface area (Å²) in [4.78, 5) is 0. The first-order chi connectivity index (χ1) is 11.8. The highest BCUT2D eigenvalue weighted by Gasteiger charge is 1.94. The predicted molar refractivity (Wildman–Crippen MR) is 102 cm³/mol. The topological polar surface area (TPSA) is 9.23 Å². The van der Waals surface area contributed by atoms with Crippen LogP contribution in [0.2, 0.25) is 0 Å². The Morgan fingerprint density at radius 2 is 1.46 bits per heavy atom. The van der Waals surface area contributed by atoms with Gasteiger partial charge in [-0.15, -0.1) is 0 Å². The normalized spacial score (nSPS) is 10.4. The molecule has 1 heteroatoms. The van der Waals surface area contributed by atoms with Crippen LogP contribution in [-0.2, 0) is 6.42 Å². The van der Waals surface area contributed by atoms with Gasteiger partial charge in [-0.05, 0) is 61.2 Å². The van der Waals surface area contributed by atoms with Crippen LogP contribution < -0.4 is 4.74 Å². The summed E-state index contributed by atoms with van der Waals surface area (Å²) in [6.07, 6.45) is 8.81. The molecule has 0 unspecified atom stereocenters. The molecule has 0 amide bonds. The maximum Gasteiger partial charge on any atom is 0.119 e. The lowest BCUT2D eigenvalue weighted by molar-refractivity contribution is 0.362. The zero-order chi connectivity index (χ0) is 17.0. The van der Waals surface area contributed by atoms with Gasteiger partial charge in [0, 0.05) is 11.1 Å².